The van der Waals surface area contributed by atoms with Gasteiger partial charge in [-0.25, -0.2) is 0 Å². The van der Waals surface area contributed by atoms with Crippen LogP contribution in [0.25, 0.3) is 0 Å². The third-order valence-electron chi connectivity index (χ3n) is 3.93. The van der Waals surface area contributed by atoms with Crippen molar-refractivity contribution in [2.24, 2.45) is 0 Å². The molecule has 0 aromatic heterocycles. The minimum Gasteiger partial charge on any atom is -0.468 e. The van der Waals surface area contributed by atoms with Gasteiger partial charge in [-0.05, 0) is 29.8 Å². The van der Waals surface area contributed by atoms with Gasteiger partial charge in [-0.1, -0.05) is 65.9 Å². The number of hydrogen-bond acceptors (Lipinski definition) is 6. The highest BCUT2D eigenvalue weighted by Crippen LogP contribution is 2.38. The second-order valence-electron chi connectivity index (χ2n) is 5.73. The maximum absolute atomic E-state index is 13.0. The highest BCUT2D eigenvalue weighted by Gasteiger charge is 2.45. The summed E-state index contributed by atoms with van der Waals surface area (Å²) in [6, 6.07) is 16.7. The molecule has 0 unspecified atom stereocenters. The quantitative estimate of drug-likeness (QED) is 0.379. The third-order valence-corrected chi connectivity index (χ3v) is 7.27. The predicted octanol–water partition coefficient (Wildman–Crippen LogP) is 4.40. The summed E-state index contributed by atoms with van der Waals surface area (Å²) in [5.41, 5.74) is 0.981. The van der Waals surface area contributed by atoms with Gasteiger partial charge in [0, 0.05) is 9.92 Å². The van der Waals surface area contributed by atoms with Crippen LogP contribution in [0.3, 0.4) is 0 Å². The van der Waals surface area contributed by atoms with Crippen molar-refractivity contribution in [1.29, 1.82) is 0 Å². The van der Waals surface area contributed by atoms with E-state index in [0.29, 0.717) is 15.9 Å². The number of benzene rings is 2. The van der Waals surface area contributed by atoms with Gasteiger partial charge >= 0.3 is 5.97 Å². The zero-order valence-corrected chi connectivity index (χ0v) is 17.5. The highest BCUT2D eigenvalue weighted by molar-refractivity contribution is 8.24. The van der Waals surface area contributed by atoms with Crippen LogP contribution in [0.15, 0.2) is 59.5 Å². The molecule has 0 radical (unpaired) electrons. The standard InChI is InChI=1S/C19H16ClNO3S3/c1-24-18(23)16(26-14-9-7-13(20)8-10-14)15-17(22)21(19(25)27-15)11-12-5-3-2-4-6-12/h2-10,15-16H,11H2,1H3/t15-,16+/m0/s1. The molecule has 1 amide bonds. The van der Waals surface area contributed by atoms with Crippen molar-refractivity contribution in [1.82, 2.24) is 4.90 Å². The average Bonchev–Trinajstić information content (AvgIpc) is 2.96. The van der Waals surface area contributed by atoms with Crippen molar-refractivity contribution in [3.8, 4) is 0 Å². The van der Waals surface area contributed by atoms with Gasteiger partial charge in [-0.15, -0.1) is 11.8 Å². The van der Waals surface area contributed by atoms with E-state index >= 15 is 0 Å². The van der Waals surface area contributed by atoms with Crippen LogP contribution >= 0.6 is 47.3 Å². The maximum Gasteiger partial charge on any atom is 0.320 e. The monoisotopic (exact) mass is 437 g/mol. The van der Waals surface area contributed by atoms with Crippen molar-refractivity contribution in [3.05, 3.63) is 65.2 Å². The van der Waals surface area contributed by atoms with Crippen LogP contribution in [0.4, 0.5) is 0 Å². The van der Waals surface area contributed by atoms with E-state index in [9.17, 15) is 9.59 Å². The van der Waals surface area contributed by atoms with Crippen LogP contribution < -0.4 is 0 Å². The molecule has 140 valence electrons. The van der Waals surface area contributed by atoms with Gasteiger partial charge in [0.2, 0.25) is 5.91 Å². The number of amides is 1. The zero-order valence-electron chi connectivity index (χ0n) is 14.3. The molecule has 2 atom stereocenters. The van der Waals surface area contributed by atoms with Gasteiger partial charge in [-0.2, -0.15) is 0 Å². The van der Waals surface area contributed by atoms with Crippen molar-refractivity contribution < 1.29 is 14.3 Å². The summed E-state index contributed by atoms with van der Waals surface area (Å²) in [7, 11) is 1.32. The molecule has 3 rings (SSSR count). The zero-order chi connectivity index (χ0) is 19.4. The largest absolute Gasteiger partial charge is 0.468 e. The first-order chi connectivity index (χ1) is 13.0. The topological polar surface area (TPSA) is 46.6 Å². The molecule has 2 aromatic carbocycles. The fourth-order valence-electron chi connectivity index (χ4n) is 2.58. The number of halogens is 1. The minimum atomic E-state index is -0.701. The number of rotatable bonds is 6. The van der Waals surface area contributed by atoms with E-state index in [1.807, 2.05) is 42.5 Å². The number of hydrogen-bond donors (Lipinski definition) is 0. The molecule has 0 spiro atoms. The van der Waals surface area contributed by atoms with E-state index in [1.165, 1.54) is 30.6 Å². The van der Waals surface area contributed by atoms with Crippen molar-refractivity contribution in [2.45, 2.75) is 21.9 Å². The first-order valence-corrected chi connectivity index (χ1v) is 10.6. The number of methoxy groups -OCH3 is 1. The molecule has 0 bridgehead atoms. The Balaban J connectivity index is 1.80. The summed E-state index contributed by atoms with van der Waals surface area (Å²) in [6.45, 7) is 0.390. The molecular formula is C19H16ClNO3S3. The maximum atomic E-state index is 13.0. The van der Waals surface area contributed by atoms with Crippen molar-refractivity contribution in [2.75, 3.05) is 7.11 Å². The van der Waals surface area contributed by atoms with Crippen molar-refractivity contribution in [3.63, 3.8) is 0 Å². The number of esters is 1. The molecule has 1 aliphatic heterocycles. The SMILES string of the molecule is COC(=O)[C@H](Sc1ccc(Cl)cc1)[C@@H]1SC(=S)N(Cc2ccccc2)C1=O. The lowest BCUT2D eigenvalue weighted by atomic mass is 10.2. The van der Waals surface area contributed by atoms with Gasteiger partial charge in [0.25, 0.3) is 0 Å². The summed E-state index contributed by atoms with van der Waals surface area (Å²) >= 11 is 13.8. The summed E-state index contributed by atoms with van der Waals surface area (Å²) in [6.07, 6.45) is 0. The van der Waals surface area contributed by atoms with E-state index in [1.54, 1.807) is 17.0 Å². The molecule has 8 heteroatoms. The summed E-state index contributed by atoms with van der Waals surface area (Å²) in [5.74, 6) is -0.629. The second-order valence-corrected chi connectivity index (χ2v) is 9.16. The number of carbonyl (C=O) groups excluding carboxylic acids is 2. The molecule has 0 saturated carbocycles. The molecule has 1 fully saturated rings. The average molecular weight is 438 g/mol. The lowest BCUT2D eigenvalue weighted by Crippen LogP contribution is -2.38. The summed E-state index contributed by atoms with van der Waals surface area (Å²) in [4.78, 5) is 27.8. The fraction of sp³-hybridized carbons (Fsp3) is 0.211. The molecular weight excluding hydrogens is 422 g/mol. The minimum absolute atomic E-state index is 0.175. The van der Waals surface area contributed by atoms with Gasteiger partial charge in [0.15, 0.2) is 0 Å². The van der Waals surface area contributed by atoms with E-state index < -0.39 is 16.5 Å². The molecule has 1 saturated heterocycles. The van der Waals surface area contributed by atoms with Crippen LogP contribution in [0.2, 0.25) is 5.02 Å². The number of thioether (sulfide) groups is 2. The third kappa shape index (κ3) is 4.85. The smallest absolute Gasteiger partial charge is 0.320 e. The van der Waals surface area contributed by atoms with Gasteiger partial charge in [0.05, 0.1) is 13.7 Å². The first kappa shape index (κ1) is 20.2. The highest BCUT2D eigenvalue weighted by atomic mass is 35.5. The van der Waals surface area contributed by atoms with Crippen LogP contribution in [0.1, 0.15) is 5.56 Å². The molecule has 2 aromatic rings. The number of carbonyl (C=O) groups is 2. The van der Waals surface area contributed by atoms with Crippen LogP contribution in [-0.4, -0.2) is 38.7 Å². The molecule has 0 N–H and O–H groups in total. The van der Waals surface area contributed by atoms with Gasteiger partial charge in [0.1, 0.15) is 14.8 Å². The van der Waals surface area contributed by atoms with Gasteiger partial charge in [-0.3, -0.25) is 14.5 Å². The Hall–Kier alpha value is -1.54. The van der Waals surface area contributed by atoms with E-state index in [0.717, 1.165) is 10.5 Å². The van der Waals surface area contributed by atoms with Crippen LogP contribution in [0, 0.1) is 0 Å². The Kier molecular flexibility index (Phi) is 6.81. The van der Waals surface area contributed by atoms with Gasteiger partial charge < -0.3 is 4.74 Å². The number of ether oxygens (including phenoxy) is 1. The van der Waals surface area contributed by atoms with E-state index in [-0.39, 0.29) is 5.91 Å². The molecule has 27 heavy (non-hydrogen) atoms. The summed E-state index contributed by atoms with van der Waals surface area (Å²) in [5, 5.41) is -0.725. The summed E-state index contributed by atoms with van der Waals surface area (Å²) < 4.78 is 5.42. The van der Waals surface area contributed by atoms with E-state index in [2.05, 4.69) is 0 Å². The lowest BCUT2D eigenvalue weighted by Gasteiger charge is -2.20. The molecule has 1 aliphatic rings. The Morgan fingerprint density at radius 3 is 2.56 bits per heavy atom. The normalized spacial score (nSPS) is 17.9. The number of thiocarbonyl (C=S) groups is 1. The Labute approximate surface area is 176 Å². The predicted molar refractivity (Wildman–Crippen MR) is 114 cm³/mol. The number of nitrogens with zero attached hydrogens (tertiary/aromatic N) is 1. The molecule has 0 aliphatic carbocycles. The lowest BCUT2D eigenvalue weighted by molar-refractivity contribution is -0.141. The fourth-order valence-corrected chi connectivity index (χ4v) is 5.48. The van der Waals surface area contributed by atoms with E-state index in [4.69, 9.17) is 28.6 Å². The first-order valence-electron chi connectivity index (χ1n) is 8.05. The Morgan fingerprint density at radius 2 is 1.93 bits per heavy atom. The Morgan fingerprint density at radius 1 is 1.26 bits per heavy atom. The van der Waals surface area contributed by atoms with Crippen LogP contribution in [-0.2, 0) is 20.9 Å². The van der Waals surface area contributed by atoms with Crippen LogP contribution in [0.5, 0.6) is 0 Å². The Bertz CT molecular complexity index is 845. The van der Waals surface area contributed by atoms with Crippen molar-refractivity contribution >= 4 is 63.5 Å². The molecule has 1 heterocycles. The second kappa shape index (κ2) is 9.10. The molecule has 4 nitrogen and oxygen atoms in total.